The monoisotopic (exact) mass is 406 g/mol. The molecule has 0 unspecified atom stereocenters. The van der Waals surface area contributed by atoms with Crippen LogP contribution in [0, 0.1) is 0 Å². The zero-order chi connectivity index (χ0) is 20.2. The third-order valence-electron chi connectivity index (χ3n) is 4.61. The number of benzene rings is 2. The van der Waals surface area contributed by atoms with E-state index in [1.165, 1.54) is 11.3 Å². The van der Waals surface area contributed by atoms with Crippen molar-refractivity contribution in [1.29, 1.82) is 0 Å². The van der Waals surface area contributed by atoms with Gasteiger partial charge in [-0.2, -0.15) is 0 Å². The highest BCUT2D eigenvalue weighted by molar-refractivity contribution is 7.11. The Morgan fingerprint density at radius 1 is 1.10 bits per heavy atom. The van der Waals surface area contributed by atoms with Crippen molar-refractivity contribution in [1.82, 2.24) is 9.97 Å². The second kappa shape index (κ2) is 8.49. The number of nitrogens with zero attached hydrogens (tertiary/aromatic N) is 1. The van der Waals surface area contributed by atoms with Crippen molar-refractivity contribution < 1.29 is 14.3 Å². The Balaban J connectivity index is 1.76. The molecule has 0 aliphatic heterocycles. The Kier molecular flexibility index (Phi) is 5.62. The first-order valence-electron chi connectivity index (χ1n) is 9.64. The van der Waals surface area contributed by atoms with Crippen molar-refractivity contribution in [3.8, 4) is 17.0 Å². The molecule has 29 heavy (non-hydrogen) atoms. The normalized spacial score (nSPS) is 11.0. The molecule has 2 aromatic carbocycles. The third kappa shape index (κ3) is 4.03. The molecule has 4 rings (SSSR count). The highest BCUT2D eigenvalue weighted by atomic mass is 32.1. The first-order chi connectivity index (χ1) is 14.2. The highest BCUT2D eigenvalue weighted by Crippen LogP contribution is 2.34. The number of nitrogens with one attached hydrogen (secondary N) is 1. The second-order valence-electron chi connectivity index (χ2n) is 6.53. The lowest BCUT2D eigenvalue weighted by molar-refractivity contribution is 0.0525. The van der Waals surface area contributed by atoms with Crippen molar-refractivity contribution in [2.24, 2.45) is 0 Å². The number of aromatic nitrogens is 2. The van der Waals surface area contributed by atoms with E-state index in [0.29, 0.717) is 24.6 Å². The lowest BCUT2D eigenvalue weighted by atomic mass is 10.0. The first kappa shape index (κ1) is 19.2. The summed E-state index contributed by atoms with van der Waals surface area (Å²) in [6, 6.07) is 16.3. The second-order valence-corrected chi connectivity index (χ2v) is 7.38. The molecule has 0 fully saturated rings. The van der Waals surface area contributed by atoms with Crippen molar-refractivity contribution in [2.45, 2.75) is 20.3 Å². The van der Waals surface area contributed by atoms with Gasteiger partial charge in [-0.15, -0.1) is 11.3 Å². The van der Waals surface area contributed by atoms with Crippen LogP contribution in [0.1, 0.15) is 34.9 Å². The highest BCUT2D eigenvalue weighted by Gasteiger charge is 2.17. The SMILES string of the molecule is CCOC(=O)c1nc(Cc2c(-c3ccccc3)[nH]c3cc(OCC)ccc23)cs1. The minimum absolute atomic E-state index is 0.344. The molecule has 0 spiro atoms. The Labute approximate surface area is 173 Å². The van der Waals surface area contributed by atoms with Crippen LogP contribution in [-0.2, 0) is 11.2 Å². The third-order valence-corrected chi connectivity index (χ3v) is 5.48. The average Bonchev–Trinajstić information content (AvgIpc) is 3.34. The van der Waals surface area contributed by atoms with Crippen LogP contribution in [-0.4, -0.2) is 29.2 Å². The number of H-pyrrole nitrogens is 1. The van der Waals surface area contributed by atoms with Crippen LogP contribution in [0.5, 0.6) is 5.75 Å². The van der Waals surface area contributed by atoms with Gasteiger partial charge in [-0.3, -0.25) is 0 Å². The quantitative estimate of drug-likeness (QED) is 0.414. The minimum Gasteiger partial charge on any atom is -0.494 e. The Morgan fingerprint density at radius 3 is 2.69 bits per heavy atom. The van der Waals surface area contributed by atoms with Gasteiger partial charge >= 0.3 is 5.97 Å². The standard InChI is InChI=1S/C23H22N2O3S/c1-3-27-17-10-11-18-19(12-16-14-29-22(24-16)23(26)28-4-2)21(25-20(18)13-17)15-8-6-5-7-9-15/h5-11,13-14,25H,3-4,12H2,1-2H3. The minimum atomic E-state index is -0.368. The number of aromatic amines is 1. The Bertz CT molecular complexity index is 1130. The molecule has 6 heteroatoms. The molecule has 1 N–H and O–H groups in total. The van der Waals surface area contributed by atoms with Crippen molar-refractivity contribution >= 4 is 28.2 Å². The zero-order valence-electron chi connectivity index (χ0n) is 16.4. The number of esters is 1. The maximum atomic E-state index is 12.0. The van der Waals surface area contributed by atoms with Gasteiger partial charge in [0.25, 0.3) is 0 Å². The Morgan fingerprint density at radius 2 is 1.93 bits per heavy atom. The molecule has 2 heterocycles. The molecule has 0 aliphatic rings. The molecule has 0 saturated carbocycles. The van der Waals surface area contributed by atoms with E-state index in [0.717, 1.165) is 39.2 Å². The summed E-state index contributed by atoms with van der Waals surface area (Å²) in [6.07, 6.45) is 0.619. The van der Waals surface area contributed by atoms with E-state index in [4.69, 9.17) is 9.47 Å². The van der Waals surface area contributed by atoms with Gasteiger partial charge in [-0.25, -0.2) is 9.78 Å². The van der Waals surface area contributed by atoms with E-state index in [-0.39, 0.29) is 5.97 Å². The van der Waals surface area contributed by atoms with Crippen LogP contribution in [0.25, 0.3) is 22.2 Å². The molecular weight excluding hydrogens is 384 g/mol. The summed E-state index contributed by atoms with van der Waals surface area (Å²) < 4.78 is 10.7. The fourth-order valence-electron chi connectivity index (χ4n) is 3.38. The van der Waals surface area contributed by atoms with E-state index in [2.05, 4.69) is 28.2 Å². The number of carbonyl (C=O) groups is 1. The number of hydrogen-bond acceptors (Lipinski definition) is 5. The van der Waals surface area contributed by atoms with Crippen LogP contribution >= 0.6 is 11.3 Å². The van der Waals surface area contributed by atoms with E-state index >= 15 is 0 Å². The van der Waals surface area contributed by atoms with Crippen LogP contribution in [0.3, 0.4) is 0 Å². The number of thiazole rings is 1. The van der Waals surface area contributed by atoms with Crippen molar-refractivity contribution in [3.05, 3.63) is 70.2 Å². The molecule has 4 aromatic rings. The van der Waals surface area contributed by atoms with Gasteiger partial charge < -0.3 is 14.5 Å². The fourth-order valence-corrected chi connectivity index (χ4v) is 4.09. The number of fused-ring (bicyclic) bond motifs is 1. The molecule has 0 saturated heterocycles. The van der Waals surface area contributed by atoms with E-state index in [1.54, 1.807) is 6.92 Å². The Hall–Kier alpha value is -3.12. The summed E-state index contributed by atoms with van der Waals surface area (Å²) in [5, 5.41) is 3.44. The molecular formula is C23H22N2O3S. The molecule has 0 bridgehead atoms. The van der Waals surface area contributed by atoms with E-state index < -0.39 is 0 Å². The summed E-state index contributed by atoms with van der Waals surface area (Å²) >= 11 is 1.32. The fraction of sp³-hybridized carbons (Fsp3) is 0.217. The number of hydrogen-bond donors (Lipinski definition) is 1. The van der Waals surface area contributed by atoms with Gasteiger partial charge in [0.2, 0.25) is 5.01 Å². The lowest BCUT2D eigenvalue weighted by Crippen LogP contribution is -2.04. The van der Waals surface area contributed by atoms with Gasteiger partial charge in [0, 0.05) is 28.8 Å². The maximum absolute atomic E-state index is 12.0. The largest absolute Gasteiger partial charge is 0.494 e. The zero-order valence-corrected chi connectivity index (χ0v) is 17.2. The molecule has 2 aromatic heterocycles. The lowest BCUT2D eigenvalue weighted by Gasteiger charge is -2.04. The predicted molar refractivity (Wildman–Crippen MR) is 116 cm³/mol. The topological polar surface area (TPSA) is 64.2 Å². The first-order valence-corrected chi connectivity index (χ1v) is 10.5. The van der Waals surface area contributed by atoms with Gasteiger partial charge in [0.05, 0.1) is 24.6 Å². The van der Waals surface area contributed by atoms with Gasteiger partial charge in [-0.05, 0) is 37.1 Å². The van der Waals surface area contributed by atoms with Gasteiger partial charge in [0.1, 0.15) is 5.75 Å². The molecule has 0 amide bonds. The maximum Gasteiger partial charge on any atom is 0.367 e. The van der Waals surface area contributed by atoms with Gasteiger partial charge in [0.15, 0.2) is 0 Å². The summed E-state index contributed by atoms with van der Waals surface area (Å²) in [7, 11) is 0. The van der Waals surface area contributed by atoms with E-state index in [9.17, 15) is 4.79 Å². The van der Waals surface area contributed by atoms with E-state index in [1.807, 2.05) is 42.6 Å². The number of rotatable bonds is 7. The number of ether oxygens (including phenoxy) is 2. The summed E-state index contributed by atoms with van der Waals surface area (Å²) in [4.78, 5) is 20.0. The molecule has 0 aliphatic carbocycles. The summed E-state index contributed by atoms with van der Waals surface area (Å²) in [5.74, 6) is 0.470. The average molecular weight is 407 g/mol. The molecule has 148 valence electrons. The van der Waals surface area contributed by atoms with Gasteiger partial charge in [-0.1, -0.05) is 30.3 Å². The van der Waals surface area contributed by atoms with Crippen LogP contribution in [0.2, 0.25) is 0 Å². The number of carbonyl (C=O) groups excluding carboxylic acids is 1. The molecule has 0 atom stereocenters. The van der Waals surface area contributed by atoms with Crippen LogP contribution in [0.4, 0.5) is 0 Å². The smallest absolute Gasteiger partial charge is 0.367 e. The van der Waals surface area contributed by atoms with Crippen LogP contribution < -0.4 is 4.74 Å². The van der Waals surface area contributed by atoms with Crippen LogP contribution in [0.15, 0.2) is 53.9 Å². The van der Waals surface area contributed by atoms with Crippen molar-refractivity contribution in [2.75, 3.05) is 13.2 Å². The molecule has 0 radical (unpaired) electrons. The molecule has 5 nitrogen and oxygen atoms in total. The summed E-state index contributed by atoms with van der Waals surface area (Å²) in [5.41, 5.74) is 5.18. The van der Waals surface area contributed by atoms with Crippen molar-refractivity contribution in [3.63, 3.8) is 0 Å². The predicted octanol–water partition coefficient (Wildman–Crippen LogP) is 5.46. The summed E-state index contributed by atoms with van der Waals surface area (Å²) in [6.45, 7) is 4.74.